The number of carboxylic acid groups (broad SMARTS) is 1. The van der Waals surface area contributed by atoms with Gasteiger partial charge in [-0.25, -0.2) is 4.79 Å². The number of ether oxygens (including phenoxy) is 1. The summed E-state index contributed by atoms with van der Waals surface area (Å²) in [5.74, 6) is -0.805. The minimum Gasteiger partial charge on any atom is -0.480 e. The van der Waals surface area contributed by atoms with Crippen LogP contribution in [0.25, 0.3) is 0 Å². The standard InChI is InChI=1S/C15H19NO4/c1-3-9(2)13(15(18)19)16-14(17)12-8-10-6-4-5-7-11(10)20-12/h4-7,9,12-13H,3,8H2,1-2H3,(H,16,17)(H,18,19)/t9-,12?,13-/m0/s1. The molecule has 1 unspecified atom stereocenters. The van der Waals surface area contributed by atoms with Crippen molar-refractivity contribution in [1.29, 1.82) is 0 Å². The molecule has 1 aromatic carbocycles. The van der Waals surface area contributed by atoms with Crippen LogP contribution < -0.4 is 10.1 Å². The largest absolute Gasteiger partial charge is 0.480 e. The fraction of sp³-hybridized carbons (Fsp3) is 0.467. The Kier molecular flexibility index (Phi) is 4.27. The first-order chi connectivity index (χ1) is 9.52. The SMILES string of the molecule is CC[C@H](C)[C@H](NC(=O)C1Cc2ccccc2O1)C(=O)O. The van der Waals surface area contributed by atoms with Gasteiger partial charge in [0.25, 0.3) is 5.91 Å². The number of hydrogen-bond acceptors (Lipinski definition) is 3. The molecule has 0 bridgehead atoms. The summed E-state index contributed by atoms with van der Waals surface area (Å²) in [5, 5.41) is 11.8. The number of carbonyl (C=O) groups excluding carboxylic acids is 1. The number of carboxylic acids is 1. The van der Waals surface area contributed by atoms with E-state index in [1.54, 1.807) is 0 Å². The van der Waals surface area contributed by atoms with Gasteiger partial charge in [-0.15, -0.1) is 0 Å². The number of para-hydroxylation sites is 1. The van der Waals surface area contributed by atoms with Crippen molar-refractivity contribution >= 4 is 11.9 Å². The van der Waals surface area contributed by atoms with E-state index in [4.69, 9.17) is 4.74 Å². The number of hydrogen-bond donors (Lipinski definition) is 2. The molecule has 2 rings (SSSR count). The molecule has 1 aliphatic rings. The second kappa shape index (κ2) is 5.94. The molecule has 1 heterocycles. The van der Waals surface area contributed by atoms with E-state index < -0.39 is 18.1 Å². The van der Waals surface area contributed by atoms with Gasteiger partial charge in [0.2, 0.25) is 0 Å². The number of benzene rings is 1. The zero-order valence-electron chi connectivity index (χ0n) is 11.6. The van der Waals surface area contributed by atoms with E-state index in [1.165, 1.54) is 0 Å². The van der Waals surface area contributed by atoms with Gasteiger partial charge in [-0.3, -0.25) is 4.79 Å². The summed E-state index contributed by atoms with van der Waals surface area (Å²) >= 11 is 0. The Morgan fingerprint density at radius 1 is 1.45 bits per heavy atom. The Balaban J connectivity index is 2.01. The van der Waals surface area contributed by atoms with E-state index >= 15 is 0 Å². The Morgan fingerprint density at radius 2 is 2.15 bits per heavy atom. The highest BCUT2D eigenvalue weighted by Crippen LogP contribution is 2.28. The van der Waals surface area contributed by atoms with E-state index in [9.17, 15) is 14.7 Å². The first-order valence-electron chi connectivity index (χ1n) is 6.80. The minimum atomic E-state index is -1.01. The molecule has 5 heteroatoms. The molecule has 0 aliphatic carbocycles. The summed E-state index contributed by atoms with van der Waals surface area (Å²) in [7, 11) is 0. The average Bonchev–Trinajstić information content (AvgIpc) is 2.87. The molecule has 108 valence electrons. The van der Waals surface area contributed by atoms with Crippen LogP contribution in [-0.2, 0) is 16.0 Å². The van der Waals surface area contributed by atoms with Crippen molar-refractivity contribution in [2.24, 2.45) is 5.92 Å². The Hall–Kier alpha value is -2.04. The third-order valence-electron chi connectivity index (χ3n) is 3.72. The lowest BCUT2D eigenvalue weighted by atomic mass is 9.99. The fourth-order valence-electron chi connectivity index (χ4n) is 2.26. The number of amides is 1. The molecule has 1 aliphatic heterocycles. The Bertz CT molecular complexity index is 489. The van der Waals surface area contributed by atoms with Crippen molar-refractivity contribution in [2.75, 3.05) is 0 Å². The van der Waals surface area contributed by atoms with Gasteiger partial charge < -0.3 is 15.2 Å². The third kappa shape index (κ3) is 2.92. The van der Waals surface area contributed by atoms with Crippen molar-refractivity contribution in [3.8, 4) is 5.75 Å². The number of rotatable bonds is 5. The normalized spacial score (nSPS) is 19.6. The summed E-state index contributed by atoms with van der Waals surface area (Å²) < 4.78 is 5.56. The predicted molar refractivity (Wildman–Crippen MR) is 73.6 cm³/mol. The molecule has 0 saturated carbocycles. The highest BCUT2D eigenvalue weighted by atomic mass is 16.5. The van der Waals surface area contributed by atoms with Crippen LogP contribution in [0.1, 0.15) is 25.8 Å². The highest BCUT2D eigenvalue weighted by Gasteiger charge is 2.33. The minimum absolute atomic E-state index is 0.125. The van der Waals surface area contributed by atoms with Gasteiger partial charge in [0.1, 0.15) is 11.8 Å². The molecule has 1 aromatic rings. The topological polar surface area (TPSA) is 75.6 Å². The van der Waals surface area contributed by atoms with Crippen LogP contribution in [0.4, 0.5) is 0 Å². The molecule has 0 aromatic heterocycles. The average molecular weight is 277 g/mol. The third-order valence-corrected chi connectivity index (χ3v) is 3.72. The molecule has 20 heavy (non-hydrogen) atoms. The van der Waals surface area contributed by atoms with Crippen molar-refractivity contribution < 1.29 is 19.4 Å². The van der Waals surface area contributed by atoms with Gasteiger partial charge in [0.05, 0.1) is 0 Å². The van der Waals surface area contributed by atoms with Crippen molar-refractivity contribution in [2.45, 2.75) is 38.8 Å². The smallest absolute Gasteiger partial charge is 0.326 e. The summed E-state index contributed by atoms with van der Waals surface area (Å²) in [4.78, 5) is 23.4. The van der Waals surface area contributed by atoms with Gasteiger partial charge in [0, 0.05) is 6.42 Å². The fourth-order valence-corrected chi connectivity index (χ4v) is 2.26. The molecule has 0 saturated heterocycles. The molecule has 0 radical (unpaired) electrons. The van der Waals surface area contributed by atoms with E-state index in [0.717, 1.165) is 5.56 Å². The number of carbonyl (C=O) groups is 2. The van der Waals surface area contributed by atoms with Crippen LogP contribution in [-0.4, -0.2) is 29.1 Å². The van der Waals surface area contributed by atoms with Crippen LogP contribution in [0.3, 0.4) is 0 Å². The van der Waals surface area contributed by atoms with Gasteiger partial charge >= 0.3 is 5.97 Å². The lowest BCUT2D eigenvalue weighted by Gasteiger charge is -2.21. The van der Waals surface area contributed by atoms with Gasteiger partial charge in [-0.05, 0) is 17.5 Å². The number of nitrogens with one attached hydrogen (secondary N) is 1. The Morgan fingerprint density at radius 3 is 2.75 bits per heavy atom. The maximum Gasteiger partial charge on any atom is 0.326 e. The van der Waals surface area contributed by atoms with Crippen LogP contribution in [0.2, 0.25) is 0 Å². The molecule has 0 spiro atoms. The van der Waals surface area contributed by atoms with E-state index in [2.05, 4.69) is 5.32 Å². The van der Waals surface area contributed by atoms with Crippen LogP contribution in [0.15, 0.2) is 24.3 Å². The van der Waals surface area contributed by atoms with E-state index in [1.807, 2.05) is 38.1 Å². The van der Waals surface area contributed by atoms with Crippen molar-refractivity contribution in [3.05, 3.63) is 29.8 Å². The molecule has 0 fully saturated rings. The highest BCUT2D eigenvalue weighted by molar-refractivity contribution is 5.87. The lowest BCUT2D eigenvalue weighted by Crippen LogP contribution is -2.49. The van der Waals surface area contributed by atoms with Crippen molar-refractivity contribution in [1.82, 2.24) is 5.32 Å². The second-order valence-electron chi connectivity index (χ2n) is 5.13. The molecular weight excluding hydrogens is 258 g/mol. The zero-order valence-corrected chi connectivity index (χ0v) is 11.6. The first kappa shape index (κ1) is 14.4. The second-order valence-corrected chi connectivity index (χ2v) is 5.13. The maximum atomic E-state index is 12.1. The summed E-state index contributed by atoms with van der Waals surface area (Å²) in [6.07, 6.45) is 0.524. The summed E-state index contributed by atoms with van der Waals surface area (Å²) in [6.45, 7) is 3.71. The quantitative estimate of drug-likeness (QED) is 0.857. The van der Waals surface area contributed by atoms with Crippen LogP contribution in [0.5, 0.6) is 5.75 Å². The number of aliphatic carboxylic acids is 1. The van der Waals surface area contributed by atoms with Gasteiger partial charge in [-0.1, -0.05) is 38.5 Å². The Labute approximate surface area is 117 Å². The maximum absolute atomic E-state index is 12.1. The molecular formula is C15H19NO4. The molecule has 5 nitrogen and oxygen atoms in total. The molecule has 2 N–H and O–H groups in total. The van der Waals surface area contributed by atoms with Crippen LogP contribution in [0, 0.1) is 5.92 Å². The molecule has 3 atom stereocenters. The first-order valence-corrected chi connectivity index (χ1v) is 6.80. The lowest BCUT2D eigenvalue weighted by molar-refractivity contribution is -0.144. The summed E-state index contributed by atoms with van der Waals surface area (Å²) in [6, 6.07) is 6.58. The molecule has 1 amide bonds. The summed E-state index contributed by atoms with van der Waals surface area (Å²) in [5.41, 5.74) is 0.975. The van der Waals surface area contributed by atoms with Crippen LogP contribution >= 0.6 is 0 Å². The predicted octanol–water partition coefficient (Wildman–Crippen LogP) is 1.61. The monoisotopic (exact) mass is 277 g/mol. The zero-order chi connectivity index (χ0) is 14.7. The van der Waals surface area contributed by atoms with Gasteiger partial charge in [-0.2, -0.15) is 0 Å². The van der Waals surface area contributed by atoms with Crippen molar-refractivity contribution in [3.63, 3.8) is 0 Å². The van der Waals surface area contributed by atoms with Gasteiger partial charge in [0.15, 0.2) is 6.10 Å². The van der Waals surface area contributed by atoms with E-state index in [0.29, 0.717) is 18.6 Å². The van der Waals surface area contributed by atoms with E-state index in [-0.39, 0.29) is 11.8 Å². The number of fused-ring (bicyclic) bond motifs is 1.